The molecule has 5 heteroatoms. The minimum atomic E-state index is -0.975. The van der Waals surface area contributed by atoms with Crippen molar-refractivity contribution in [1.82, 2.24) is 5.32 Å². The molecular weight excluding hydrogens is 225 g/mol. The molecule has 0 bridgehead atoms. The van der Waals surface area contributed by atoms with Crippen LogP contribution in [-0.2, 0) is 19.9 Å². The van der Waals surface area contributed by atoms with Gasteiger partial charge in [0, 0.05) is 26.0 Å². The number of hydrogen-bond donors (Lipinski definition) is 1. The summed E-state index contributed by atoms with van der Waals surface area (Å²) >= 11 is 0. The predicted octanol–water partition coefficient (Wildman–Crippen LogP) is 1.69. The van der Waals surface area contributed by atoms with E-state index in [-0.39, 0.29) is 5.82 Å². The molecule has 0 saturated heterocycles. The van der Waals surface area contributed by atoms with E-state index in [1.54, 1.807) is 18.3 Å². The first kappa shape index (κ1) is 11.9. The Bertz CT molecular complexity index is 393. The summed E-state index contributed by atoms with van der Waals surface area (Å²) < 4.78 is 28.9. The second kappa shape index (κ2) is 4.73. The highest BCUT2D eigenvalue weighted by Gasteiger charge is 2.45. The Morgan fingerprint density at radius 1 is 1.24 bits per heavy atom. The van der Waals surface area contributed by atoms with Crippen LogP contribution in [0.3, 0.4) is 0 Å². The molecule has 1 unspecified atom stereocenters. The molecule has 2 rings (SSSR count). The number of nitrogens with one attached hydrogen (secondary N) is 1. The smallest absolute Gasteiger partial charge is 0.257 e. The van der Waals surface area contributed by atoms with E-state index in [4.69, 9.17) is 14.2 Å². The lowest BCUT2D eigenvalue weighted by molar-refractivity contribution is -0.224. The number of methoxy groups -OCH3 is 2. The Kier molecular flexibility index (Phi) is 3.31. The van der Waals surface area contributed by atoms with Gasteiger partial charge in [-0.1, -0.05) is 0 Å². The Hall–Kier alpha value is -1.59. The van der Waals surface area contributed by atoms with Crippen molar-refractivity contribution in [2.45, 2.75) is 12.0 Å². The van der Waals surface area contributed by atoms with Gasteiger partial charge in [0.15, 0.2) is 0 Å². The van der Waals surface area contributed by atoms with E-state index in [0.29, 0.717) is 0 Å². The van der Waals surface area contributed by atoms with Crippen LogP contribution in [0.15, 0.2) is 36.7 Å². The topological polar surface area (TPSA) is 39.7 Å². The van der Waals surface area contributed by atoms with Crippen molar-refractivity contribution in [3.05, 3.63) is 48.1 Å². The predicted molar refractivity (Wildman–Crippen MR) is 59.2 cm³/mol. The fourth-order valence-corrected chi connectivity index (χ4v) is 1.87. The van der Waals surface area contributed by atoms with Gasteiger partial charge in [0.25, 0.3) is 5.72 Å². The standard InChI is InChI=1S/C12H14FNO3/c1-15-11(16-2)12(14-7-8-17-12)9-3-5-10(13)6-4-9/h3-8,11,14H,1-2H3. The summed E-state index contributed by atoms with van der Waals surface area (Å²) in [5.41, 5.74) is -0.255. The van der Waals surface area contributed by atoms with Crippen molar-refractivity contribution in [2.75, 3.05) is 14.2 Å². The van der Waals surface area contributed by atoms with Crippen LogP contribution in [-0.4, -0.2) is 20.5 Å². The van der Waals surface area contributed by atoms with Crippen LogP contribution in [0.2, 0.25) is 0 Å². The summed E-state index contributed by atoms with van der Waals surface area (Å²) in [7, 11) is 3.03. The summed E-state index contributed by atoms with van der Waals surface area (Å²) in [4.78, 5) is 0. The maximum absolute atomic E-state index is 12.9. The van der Waals surface area contributed by atoms with Gasteiger partial charge in [-0.2, -0.15) is 0 Å². The molecule has 1 heterocycles. The first-order valence-corrected chi connectivity index (χ1v) is 5.15. The van der Waals surface area contributed by atoms with Gasteiger partial charge >= 0.3 is 0 Å². The van der Waals surface area contributed by atoms with Crippen LogP contribution in [0.25, 0.3) is 0 Å². The second-order valence-electron chi connectivity index (χ2n) is 3.61. The third-order valence-corrected chi connectivity index (χ3v) is 2.65. The molecule has 0 fully saturated rings. The summed E-state index contributed by atoms with van der Waals surface area (Å²) in [6, 6.07) is 5.98. The summed E-state index contributed by atoms with van der Waals surface area (Å²) in [6.45, 7) is 0. The molecule has 0 amide bonds. The maximum Gasteiger partial charge on any atom is 0.257 e. The molecule has 92 valence electrons. The summed E-state index contributed by atoms with van der Waals surface area (Å²) in [5.74, 6) is -0.304. The van der Waals surface area contributed by atoms with Crippen molar-refractivity contribution in [2.24, 2.45) is 0 Å². The number of rotatable bonds is 4. The first-order chi connectivity index (χ1) is 8.23. The van der Waals surface area contributed by atoms with E-state index in [9.17, 15) is 4.39 Å². The van der Waals surface area contributed by atoms with Gasteiger partial charge in [0.2, 0.25) is 6.29 Å². The van der Waals surface area contributed by atoms with Gasteiger partial charge in [0.1, 0.15) is 12.1 Å². The lowest BCUT2D eigenvalue weighted by Crippen LogP contribution is -2.50. The monoisotopic (exact) mass is 239 g/mol. The highest BCUT2D eigenvalue weighted by Crippen LogP contribution is 2.32. The molecule has 1 aliphatic heterocycles. The lowest BCUT2D eigenvalue weighted by Gasteiger charge is -2.35. The van der Waals surface area contributed by atoms with Crippen molar-refractivity contribution in [3.63, 3.8) is 0 Å². The van der Waals surface area contributed by atoms with E-state index >= 15 is 0 Å². The fourth-order valence-electron chi connectivity index (χ4n) is 1.87. The molecule has 1 aromatic rings. The molecule has 1 N–H and O–H groups in total. The van der Waals surface area contributed by atoms with Crippen LogP contribution in [0.5, 0.6) is 0 Å². The molecule has 1 aromatic carbocycles. The lowest BCUT2D eigenvalue weighted by atomic mass is 10.0. The third-order valence-electron chi connectivity index (χ3n) is 2.65. The number of halogens is 1. The quantitative estimate of drug-likeness (QED) is 0.812. The Balaban J connectivity index is 2.37. The summed E-state index contributed by atoms with van der Waals surface area (Å²) in [5, 5.41) is 3.03. The van der Waals surface area contributed by atoms with Crippen LogP contribution in [0.1, 0.15) is 5.56 Å². The molecule has 4 nitrogen and oxygen atoms in total. The van der Waals surface area contributed by atoms with E-state index in [1.807, 2.05) is 0 Å². The van der Waals surface area contributed by atoms with Gasteiger partial charge in [-0.3, -0.25) is 0 Å². The zero-order valence-electron chi connectivity index (χ0n) is 9.64. The Labute approximate surface area is 99.0 Å². The van der Waals surface area contributed by atoms with Gasteiger partial charge in [0.05, 0.1) is 0 Å². The Morgan fingerprint density at radius 2 is 1.88 bits per heavy atom. The summed E-state index contributed by atoms with van der Waals surface area (Å²) in [6.07, 6.45) is 2.51. The van der Waals surface area contributed by atoms with Crippen LogP contribution >= 0.6 is 0 Å². The second-order valence-corrected chi connectivity index (χ2v) is 3.61. The largest absolute Gasteiger partial charge is 0.464 e. The minimum absolute atomic E-state index is 0.304. The molecule has 0 radical (unpaired) electrons. The van der Waals surface area contributed by atoms with Crippen molar-refractivity contribution >= 4 is 0 Å². The molecular formula is C12H14FNO3. The molecule has 17 heavy (non-hydrogen) atoms. The number of benzene rings is 1. The van der Waals surface area contributed by atoms with Gasteiger partial charge in [-0.05, 0) is 24.3 Å². The first-order valence-electron chi connectivity index (χ1n) is 5.15. The number of hydrogen-bond acceptors (Lipinski definition) is 4. The van der Waals surface area contributed by atoms with Crippen LogP contribution in [0, 0.1) is 5.82 Å². The Morgan fingerprint density at radius 3 is 2.35 bits per heavy atom. The molecule has 0 spiro atoms. The van der Waals surface area contributed by atoms with Crippen molar-refractivity contribution in [1.29, 1.82) is 0 Å². The van der Waals surface area contributed by atoms with Gasteiger partial charge < -0.3 is 19.5 Å². The van der Waals surface area contributed by atoms with Crippen molar-refractivity contribution in [3.8, 4) is 0 Å². The normalized spacial score (nSPS) is 22.6. The minimum Gasteiger partial charge on any atom is -0.464 e. The molecule has 0 saturated carbocycles. The average Bonchev–Trinajstić information content (AvgIpc) is 2.82. The zero-order valence-corrected chi connectivity index (χ0v) is 9.64. The van der Waals surface area contributed by atoms with Crippen molar-refractivity contribution < 1.29 is 18.6 Å². The molecule has 0 aliphatic carbocycles. The van der Waals surface area contributed by atoms with Gasteiger partial charge in [-0.25, -0.2) is 4.39 Å². The highest BCUT2D eigenvalue weighted by molar-refractivity contribution is 5.26. The van der Waals surface area contributed by atoms with Gasteiger partial charge in [-0.15, -0.1) is 0 Å². The fraction of sp³-hybridized carbons (Fsp3) is 0.333. The number of ether oxygens (including phenoxy) is 3. The third kappa shape index (κ3) is 1.99. The maximum atomic E-state index is 12.9. The zero-order chi connectivity index (χ0) is 12.3. The van der Waals surface area contributed by atoms with E-state index < -0.39 is 12.0 Å². The van der Waals surface area contributed by atoms with Crippen LogP contribution < -0.4 is 5.32 Å². The van der Waals surface area contributed by atoms with E-state index in [1.165, 1.54) is 32.6 Å². The highest BCUT2D eigenvalue weighted by atomic mass is 19.1. The van der Waals surface area contributed by atoms with E-state index in [0.717, 1.165) is 5.56 Å². The van der Waals surface area contributed by atoms with Crippen LogP contribution in [0.4, 0.5) is 4.39 Å². The molecule has 1 atom stereocenters. The average molecular weight is 239 g/mol. The van der Waals surface area contributed by atoms with E-state index in [2.05, 4.69) is 5.32 Å². The molecule has 0 aromatic heterocycles. The SMILES string of the molecule is COC(OC)C1(c2ccc(F)cc2)NC=CO1. The molecule has 1 aliphatic rings.